The molecule has 4 heteroatoms. The van der Waals surface area contributed by atoms with Crippen LogP contribution in [0.25, 0.3) is 0 Å². The van der Waals surface area contributed by atoms with E-state index in [-0.39, 0.29) is 5.91 Å². The van der Waals surface area contributed by atoms with E-state index in [1.54, 1.807) is 6.20 Å². The van der Waals surface area contributed by atoms with E-state index >= 15 is 0 Å². The lowest BCUT2D eigenvalue weighted by Crippen LogP contribution is -2.23. The van der Waals surface area contributed by atoms with Crippen molar-refractivity contribution in [2.75, 3.05) is 0 Å². The Bertz CT molecular complexity index is 635. The molecule has 102 valence electrons. The highest BCUT2D eigenvalue weighted by atomic mass is 16.1. The molecule has 1 amide bonds. The average Bonchev–Trinajstić information content (AvgIpc) is 2.93. The summed E-state index contributed by atoms with van der Waals surface area (Å²) in [5.41, 5.74) is 5.20. The Hall–Kier alpha value is -2.20. The van der Waals surface area contributed by atoms with Gasteiger partial charge in [-0.1, -0.05) is 12.1 Å². The highest BCUT2D eigenvalue weighted by Gasteiger charge is 2.13. The average molecular weight is 267 g/mol. The zero-order chi connectivity index (χ0) is 13.9. The van der Waals surface area contributed by atoms with Crippen molar-refractivity contribution >= 4 is 5.91 Å². The molecule has 0 atom stereocenters. The molecule has 2 N–H and O–H groups in total. The van der Waals surface area contributed by atoms with Gasteiger partial charge in [-0.2, -0.15) is 0 Å². The van der Waals surface area contributed by atoms with Crippen molar-refractivity contribution in [3.8, 4) is 0 Å². The number of pyridine rings is 1. The number of hydrogen-bond acceptors (Lipinski definition) is 3. The fraction of sp³-hybridized carbons (Fsp3) is 0.250. The lowest BCUT2D eigenvalue weighted by molar-refractivity contribution is 0.0951. The number of benzene rings is 1. The summed E-state index contributed by atoms with van der Waals surface area (Å²) < 4.78 is 0. The Morgan fingerprint density at radius 2 is 2.10 bits per heavy atom. The molecule has 2 heterocycles. The second-order valence-corrected chi connectivity index (χ2v) is 5.08. The molecule has 4 nitrogen and oxygen atoms in total. The van der Waals surface area contributed by atoms with Crippen LogP contribution in [0.4, 0.5) is 0 Å². The van der Waals surface area contributed by atoms with Gasteiger partial charge in [0.1, 0.15) is 0 Å². The molecule has 1 aliphatic heterocycles. The zero-order valence-electron chi connectivity index (χ0n) is 11.4. The molecule has 1 aliphatic rings. The molecular formula is C16H17N3O. The molecule has 0 bridgehead atoms. The standard InChI is InChI=1S/C16H17N3O/c1-11-2-3-12(7-18-11)8-19-16(20)13-4-5-14-9-17-10-15(14)6-13/h2-7,17H,8-10H2,1H3,(H,19,20). The molecule has 0 saturated carbocycles. The van der Waals surface area contributed by atoms with Crippen molar-refractivity contribution < 1.29 is 4.79 Å². The van der Waals surface area contributed by atoms with Gasteiger partial charge in [-0.15, -0.1) is 0 Å². The van der Waals surface area contributed by atoms with Gasteiger partial charge in [-0.05, 0) is 41.8 Å². The molecule has 0 unspecified atom stereocenters. The maximum absolute atomic E-state index is 12.1. The van der Waals surface area contributed by atoms with Crippen LogP contribution in [0.15, 0.2) is 36.5 Å². The van der Waals surface area contributed by atoms with Crippen molar-refractivity contribution in [3.63, 3.8) is 0 Å². The van der Waals surface area contributed by atoms with Crippen LogP contribution in [0.1, 0.15) is 32.7 Å². The van der Waals surface area contributed by atoms with E-state index in [0.717, 1.165) is 24.3 Å². The normalized spacial score (nSPS) is 13.1. The molecule has 2 aromatic rings. The number of rotatable bonds is 3. The fourth-order valence-electron chi connectivity index (χ4n) is 2.32. The van der Waals surface area contributed by atoms with Gasteiger partial charge < -0.3 is 10.6 Å². The van der Waals surface area contributed by atoms with E-state index in [9.17, 15) is 4.79 Å². The van der Waals surface area contributed by atoms with E-state index in [4.69, 9.17) is 0 Å². The van der Waals surface area contributed by atoms with Crippen LogP contribution < -0.4 is 10.6 Å². The van der Waals surface area contributed by atoms with Crippen LogP contribution in [0.3, 0.4) is 0 Å². The van der Waals surface area contributed by atoms with Gasteiger partial charge in [-0.25, -0.2) is 0 Å². The summed E-state index contributed by atoms with van der Waals surface area (Å²) in [6, 6.07) is 9.81. The minimum absolute atomic E-state index is 0.0414. The predicted octanol–water partition coefficient (Wildman–Crippen LogP) is 1.92. The molecule has 1 aromatic heterocycles. The Kier molecular flexibility index (Phi) is 3.48. The summed E-state index contributed by atoms with van der Waals surface area (Å²) in [6.07, 6.45) is 1.79. The first-order chi connectivity index (χ1) is 9.72. The number of nitrogens with one attached hydrogen (secondary N) is 2. The topological polar surface area (TPSA) is 54.0 Å². The largest absolute Gasteiger partial charge is 0.348 e. The highest BCUT2D eigenvalue weighted by molar-refractivity contribution is 5.94. The minimum Gasteiger partial charge on any atom is -0.348 e. The third kappa shape index (κ3) is 2.70. The lowest BCUT2D eigenvalue weighted by atomic mass is 10.1. The predicted molar refractivity (Wildman–Crippen MR) is 77.1 cm³/mol. The number of nitrogens with zero attached hydrogens (tertiary/aromatic N) is 1. The number of aryl methyl sites for hydroxylation is 1. The lowest BCUT2D eigenvalue weighted by Gasteiger charge is -2.07. The monoisotopic (exact) mass is 267 g/mol. The van der Waals surface area contributed by atoms with Gasteiger partial charge in [0.05, 0.1) is 0 Å². The number of carbonyl (C=O) groups is 1. The van der Waals surface area contributed by atoms with Crippen molar-refractivity contribution in [1.82, 2.24) is 15.6 Å². The summed E-state index contributed by atoms with van der Waals surface area (Å²) in [5.74, 6) is -0.0414. The maximum Gasteiger partial charge on any atom is 0.251 e. The van der Waals surface area contributed by atoms with E-state index in [2.05, 4.69) is 15.6 Å². The zero-order valence-corrected chi connectivity index (χ0v) is 11.4. The number of fused-ring (bicyclic) bond motifs is 1. The summed E-state index contributed by atoms with van der Waals surface area (Å²) in [5, 5.41) is 6.20. The first-order valence-corrected chi connectivity index (χ1v) is 6.74. The van der Waals surface area contributed by atoms with Crippen LogP contribution >= 0.6 is 0 Å². The molecular weight excluding hydrogens is 250 g/mol. The third-order valence-corrected chi connectivity index (χ3v) is 3.53. The van der Waals surface area contributed by atoms with Gasteiger partial charge in [0.2, 0.25) is 0 Å². The molecule has 0 spiro atoms. The molecule has 3 rings (SSSR count). The van der Waals surface area contributed by atoms with E-state index in [1.165, 1.54) is 11.1 Å². The summed E-state index contributed by atoms with van der Waals surface area (Å²) in [4.78, 5) is 16.4. The van der Waals surface area contributed by atoms with E-state index in [0.29, 0.717) is 12.1 Å². The fourth-order valence-corrected chi connectivity index (χ4v) is 2.32. The summed E-state index contributed by atoms with van der Waals surface area (Å²) in [6.45, 7) is 4.19. The Morgan fingerprint density at radius 3 is 2.90 bits per heavy atom. The SMILES string of the molecule is Cc1ccc(CNC(=O)c2ccc3c(c2)CNC3)cn1. The Morgan fingerprint density at radius 1 is 1.25 bits per heavy atom. The highest BCUT2D eigenvalue weighted by Crippen LogP contribution is 2.17. The van der Waals surface area contributed by atoms with Crippen LogP contribution in [0.5, 0.6) is 0 Å². The van der Waals surface area contributed by atoms with Crippen molar-refractivity contribution in [1.29, 1.82) is 0 Å². The van der Waals surface area contributed by atoms with Crippen LogP contribution in [-0.2, 0) is 19.6 Å². The molecule has 20 heavy (non-hydrogen) atoms. The number of hydrogen-bond donors (Lipinski definition) is 2. The van der Waals surface area contributed by atoms with Gasteiger partial charge >= 0.3 is 0 Å². The second-order valence-electron chi connectivity index (χ2n) is 5.08. The number of aromatic nitrogens is 1. The smallest absolute Gasteiger partial charge is 0.251 e. The van der Waals surface area contributed by atoms with E-state index in [1.807, 2.05) is 37.3 Å². The first-order valence-electron chi connectivity index (χ1n) is 6.74. The van der Waals surface area contributed by atoms with Gasteiger partial charge in [0.15, 0.2) is 0 Å². The molecule has 0 radical (unpaired) electrons. The summed E-state index contributed by atoms with van der Waals surface area (Å²) >= 11 is 0. The van der Waals surface area contributed by atoms with Crippen LogP contribution in [-0.4, -0.2) is 10.9 Å². The van der Waals surface area contributed by atoms with Gasteiger partial charge in [-0.3, -0.25) is 9.78 Å². The Labute approximate surface area is 118 Å². The van der Waals surface area contributed by atoms with Crippen molar-refractivity contribution in [2.24, 2.45) is 0 Å². The van der Waals surface area contributed by atoms with E-state index < -0.39 is 0 Å². The van der Waals surface area contributed by atoms with Gasteiger partial charge in [0.25, 0.3) is 5.91 Å². The van der Waals surface area contributed by atoms with Crippen molar-refractivity contribution in [3.05, 3.63) is 64.5 Å². The molecule has 0 aliphatic carbocycles. The first kappa shape index (κ1) is 12.8. The number of amides is 1. The minimum atomic E-state index is -0.0414. The van der Waals surface area contributed by atoms with Crippen LogP contribution in [0.2, 0.25) is 0 Å². The van der Waals surface area contributed by atoms with Gasteiger partial charge in [0, 0.05) is 37.1 Å². The van der Waals surface area contributed by atoms with Crippen molar-refractivity contribution in [2.45, 2.75) is 26.6 Å². The number of carbonyl (C=O) groups excluding carboxylic acids is 1. The second kappa shape index (κ2) is 5.43. The summed E-state index contributed by atoms with van der Waals surface area (Å²) in [7, 11) is 0. The third-order valence-electron chi connectivity index (χ3n) is 3.53. The molecule has 0 saturated heterocycles. The maximum atomic E-state index is 12.1. The molecule has 1 aromatic carbocycles. The van der Waals surface area contributed by atoms with Crippen LogP contribution in [0, 0.1) is 6.92 Å². The Balaban J connectivity index is 1.66. The quantitative estimate of drug-likeness (QED) is 0.893. The molecule has 0 fully saturated rings.